The Kier molecular flexibility index (Phi) is 2.96. The molecule has 0 atom stereocenters. The molecule has 2 N–H and O–H groups in total. The number of imidazole rings is 1. The van der Waals surface area contributed by atoms with Crippen molar-refractivity contribution in [2.75, 3.05) is 0 Å². The molecule has 0 aliphatic rings. The Hall–Kier alpha value is -1.75. The van der Waals surface area contributed by atoms with Crippen molar-refractivity contribution in [3.63, 3.8) is 0 Å². The number of nitrogens with two attached hydrogens (primary N) is 1. The van der Waals surface area contributed by atoms with E-state index in [1.54, 1.807) is 23.0 Å². The van der Waals surface area contributed by atoms with Gasteiger partial charge in [-0.05, 0) is 6.07 Å². The largest absolute Gasteiger partial charge is 0.329 e. The highest BCUT2D eigenvalue weighted by atomic mass is 19.2. The topological polar surface area (TPSA) is 43.8 Å². The molecule has 2 aromatic rings. The molecule has 2 rings (SSSR count). The van der Waals surface area contributed by atoms with E-state index in [4.69, 9.17) is 5.73 Å². The van der Waals surface area contributed by atoms with Gasteiger partial charge in [-0.2, -0.15) is 0 Å². The van der Waals surface area contributed by atoms with Crippen LogP contribution in [0, 0.1) is 11.6 Å². The van der Waals surface area contributed by atoms with Crippen LogP contribution in [0.5, 0.6) is 0 Å². The predicted molar refractivity (Wildman–Crippen MR) is 55.6 cm³/mol. The molecule has 1 heterocycles. The Morgan fingerprint density at radius 2 is 2.12 bits per heavy atom. The average molecular weight is 223 g/mol. The molecule has 0 fully saturated rings. The fourth-order valence-electron chi connectivity index (χ4n) is 1.53. The Labute approximate surface area is 91.5 Å². The van der Waals surface area contributed by atoms with Gasteiger partial charge in [0.1, 0.15) is 5.82 Å². The van der Waals surface area contributed by atoms with E-state index in [1.807, 2.05) is 0 Å². The molecule has 1 aromatic heterocycles. The fraction of sp³-hybridized carbons (Fsp3) is 0.182. The van der Waals surface area contributed by atoms with Crippen LogP contribution in [-0.4, -0.2) is 9.55 Å². The molecule has 84 valence electrons. The van der Waals surface area contributed by atoms with E-state index in [2.05, 4.69) is 4.98 Å². The molecule has 0 amide bonds. The summed E-state index contributed by atoms with van der Waals surface area (Å²) < 4.78 is 28.0. The van der Waals surface area contributed by atoms with Crippen molar-refractivity contribution < 1.29 is 8.78 Å². The zero-order valence-corrected chi connectivity index (χ0v) is 8.53. The summed E-state index contributed by atoms with van der Waals surface area (Å²) in [5.74, 6) is -1.02. The lowest BCUT2D eigenvalue weighted by atomic mass is 10.2. The van der Waals surface area contributed by atoms with E-state index in [9.17, 15) is 8.78 Å². The third-order valence-electron chi connectivity index (χ3n) is 2.36. The predicted octanol–water partition coefficient (Wildman–Crippen LogP) is 1.67. The normalized spacial score (nSPS) is 10.7. The second-order valence-electron chi connectivity index (χ2n) is 3.39. The van der Waals surface area contributed by atoms with E-state index in [-0.39, 0.29) is 18.7 Å². The summed E-state index contributed by atoms with van der Waals surface area (Å²) in [5, 5.41) is 0. The Morgan fingerprint density at radius 3 is 2.88 bits per heavy atom. The highest BCUT2D eigenvalue weighted by Crippen LogP contribution is 2.13. The van der Waals surface area contributed by atoms with Gasteiger partial charge in [-0.15, -0.1) is 0 Å². The molecule has 0 spiro atoms. The van der Waals surface area contributed by atoms with E-state index in [0.29, 0.717) is 5.82 Å². The molecular weight excluding hydrogens is 212 g/mol. The quantitative estimate of drug-likeness (QED) is 0.860. The molecule has 0 aliphatic carbocycles. The van der Waals surface area contributed by atoms with Crippen molar-refractivity contribution in [1.29, 1.82) is 0 Å². The van der Waals surface area contributed by atoms with Gasteiger partial charge < -0.3 is 10.3 Å². The summed E-state index contributed by atoms with van der Waals surface area (Å²) in [4.78, 5) is 4.00. The lowest BCUT2D eigenvalue weighted by Crippen LogP contribution is -2.10. The molecule has 0 saturated carbocycles. The Morgan fingerprint density at radius 1 is 1.31 bits per heavy atom. The number of hydrogen-bond donors (Lipinski definition) is 1. The van der Waals surface area contributed by atoms with E-state index in [0.717, 1.165) is 6.07 Å². The molecule has 1 aromatic carbocycles. The van der Waals surface area contributed by atoms with E-state index < -0.39 is 11.6 Å². The number of aromatic nitrogens is 2. The average Bonchev–Trinajstić information content (AvgIpc) is 2.72. The zero-order chi connectivity index (χ0) is 11.5. The van der Waals surface area contributed by atoms with Crippen molar-refractivity contribution in [3.8, 4) is 0 Å². The molecular formula is C11H11F2N3. The molecule has 0 radical (unpaired) electrons. The lowest BCUT2D eigenvalue weighted by Gasteiger charge is -2.07. The van der Waals surface area contributed by atoms with Crippen LogP contribution in [0.1, 0.15) is 11.4 Å². The summed E-state index contributed by atoms with van der Waals surface area (Å²) >= 11 is 0. The van der Waals surface area contributed by atoms with Gasteiger partial charge in [0.2, 0.25) is 0 Å². The Bertz CT molecular complexity index is 494. The van der Waals surface area contributed by atoms with Gasteiger partial charge in [-0.1, -0.05) is 12.1 Å². The number of halogens is 2. The molecule has 0 saturated heterocycles. The zero-order valence-electron chi connectivity index (χ0n) is 8.53. The van der Waals surface area contributed by atoms with Crippen LogP contribution in [0.15, 0.2) is 30.6 Å². The third-order valence-corrected chi connectivity index (χ3v) is 2.36. The third kappa shape index (κ3) is 1.94. The maximum Gasteiger partial charge on any atom is 0.163 e. The Balaban J connectivity index is 2.30. The lowest BCUT2D eigenvalue weighted by molar-refractivity contribution is 0.494. The van der Waals surface area contributed by atoms with Crippen molar-refractivity contribution in [2.45, 2.75) is 13.1 Å². The highest BCUT2D eigenvalue weighted by Gasteiger charge is 2.09. The monoisotopic (exact) mass is 223 g/mol. The van der Waals surface area contributed by atoms with Gasteiger partial charge in [0, 0.05) is 18.0 Å². The minimum Gasteiger partial charge on any atom is -0.329 e. The van der Waals surface area contributed by atoms with Crippen LogP contribution < -0.4 is 5.73 Å². The van der Waals surface area contributed by atoms with Gasteiger partial charge in [-0.25, -0.2) is 13.8 Å². The summed E-state index contributed by atoms with van der Waals surface area (Å²) in [6.07, 6.45) is 3.27. The van der Waals surface area contributed by atoms with Gasteiger partial charge in [-0.3, -0.25) is 0 Å². The van der Waals surface area contributed by atoms with Gasteiger partial charge in [0.25, 0.3) is 0 Å². The summed E-state index contributed by atoms with van der Waals surface area (Å²) in [5.41, 5.74) is 5.75. The SMILES string of the molecule is NCc1nccn1Cc1cccc(F)c1F. The van der Waals surface area contributed by atoms with Crippen LogP contribution in [-0.2, 0) is 13.1 Å². The van der Waals surface area contributed by atoms with Crippen molar-refractivity contribution >= 4 is 0 Å². The second kappa shape index (κ2) is 4.40. The first-order chi connectivity index (χ1) is 7.72. The summed E-state index contributed by atoms with van der Waals surface area (Å²) in [7, 11) is 0. The smallest absolute Gasteiger partial charge is 0.163 e. The summed E-state index contributed by atoms with van der Waals surface area (Å²) in [6.45, 7) is 0.500. The van der Waals surface area contributed by atoms with Crippen molar-refractivity contribution in [1.82, 2.24) is 9.55 Å². The standard InChI is InChI=1S/C11H11F2N3/c12-9-3-1-2-8(11(9)13)7-16-5-4-15-10(16)6-14/h1-5H,6-7,14H2. The first-order valence-corrected chi connectivity index (χ1v) is 4.85. The maximum atomic E-state index is 13.4. The maximum absolute atomic E-state index is 13.4. The van der Waals surface area contributed by atoms with Crippen LogP contribution in [0.4, 0.5) is 8.78 Å². The molecule has 3 nitrogen and oxygen atoms in total. The number of hydrogen-bond acceptors (Lipinski definition) is 2. The molecule has 0 unspecified atom stereocenters. The van der Waals surface area contributed by atoms with Crippen molar-refractivity contribution in [2.24, 2.45) is 5.73 Å². The van der Waals surface area contributed by atoms with Gasteiger partial charge >= 0.3 is 0 Å². The minimum absolute atomic E-state index is 0.232. The summed E-state index contributed by atoms with van der Waals surface area (Å²) in [6, 6.07) is 4.11. The van der Waals surface area contributed by atoms with Gasteiger partial charge in [0.15, 0.2) is 11.6 Å². The second-order valence-corrected chi connectivity index (χ2v) is 3.39. The number of rotatable bonds is 3. The molecule has 0 bridgehead atoms. The van der Waals surface area contributed by atoms with Crippen LogP contribution >= 0.6 is 0 Å². The molecule has 16 heavy (non-hydrogen) atoms. The molecule has 0 aliphatic heterocycles. The molecule has 5 heteroatoms. The van der Waals surface area contributed by atoms with Crippen LogP contribution in [0.3, 0.4) is 0 Å². The number of nitrogens with zero attached hydrogens (tertiary/aromatic N) is 2. The first-order valence-electron chi connectivity index (χ1n) is 4.85. The van der Waals surface area contributed by atoms with Crippen molar-refractivity contribution in [3.05, 3.63) is 53.6 Å². The minimum atomic E-state index is -0.841. The van der Waals surface area contributed by atoms with E-state index in [1.165, 1.54) is 6.07 Å². The van der Waals surface area contributed by atoms with Crippen LogP contribution in [0.2, 0.25) is 0 Å². The number of benzene rings is 1. The highest BCUT2D eigenvalue weighted by molar-refractivity contribution is 5.19. The first kappa shape index (κ1) is 10.8. The van der Waals surface area contributed by atoms with Crippen LogP contribution in [0.25, 0.3) is 0 Å². The van der Waals surface area contributed by atoms with Gasteiger partial charge in [0.05, 0.1) is 13.1 Å². The van der Waals surface area contributed by atoms with E-state index >= 15 is 0 Å². The fourth-order valence-corrected chi connectivity index (χ4v) is 1.53.